The van der Waals surface area contributed by atoms with Crippen molar-refractivity contribution in [2.75, 3.05) is 19.6 Å². The van der Waals surface area contributed by atoms with Crippen LogP contribution in [0.3, 0.4) is 0 Å². The number of piperidine rings is 1. The Morgan fingerprint density at radius 2 is 1.88 bits per heavy atom. The first-order valence-electron chi connectivity index (χ1n) is 6.95. The minimum atomic E-state index is -0.423. The van der Waals surface area contributed by atoms with Crippen molar-refractivity contribution in [3.05, 3.63) is 0 Å². The normalized spacial score (nSPS) is 30.9. The largest absolute Gasteiger partial charge is 0.389 e. The van der Waals surface area contributed by atoms with E-state index in [2.05, 4.69) is 10.6 Å². The fourth-order valence-corrected chi connectivity index (χ4v) is 2.92. The van der Waals surface area contributed by atoms with Gasteiger partial charge in [-0.15, -0.1) is 0 Å². The summed E-state index contributed by atoms with van der Waals surface area (Å²) in [4.78, 5) is 0. The molecule has 0 spiro atoms. The molecule has 1 aliphatic carbocycles. The Labute approximate surface area is 99.0 Å². The highest BCUT2D eigenvalue weighted by atomic mass is 16.3. The highest BCUT2D eigenvalue weighted by Crippen LogP contribution is 2.26. The lowest BCUT2D eigenvalue weighted by Gasteiger charge is -2.31. The third-order valence-corrected chi connectivity index (χ3v) is 4.05. The van der Waals surface area contributed by atoms with Crippen LogP contribution in [0.5, 0.6) is 0 Å². The van der Waals surface area contributed by atoms with Crippen molar-refractivity contribution in [2.24, 2.45) is 0 Å². The number of rotatable bonds is 3. The molecule has 1 atom stereocenters. The summed E-state index contributed by atoms with van der Waals surface area (Å²) in [6, 6.07) is 0.570. The van der Waals surface area contributed by atoms with Crippen molar-refractivity contribution in [1.82, 2.24) is 10.6 Å². The molecule has 94 valence electrons. The molecular formula is C13H26N2O. The molecule has 0 aromatic carbocycles. The van der Waals surface area contributed by atoms with Crippen LogP contribution in [0.4, 0.5) is 0 Å². The van der Waals surface area contributed by atoms with Gasteiger partial charge in [0.25, 0.3) is 0 Å². The van der Waals surface area contributed by atoms with E-state index in [1.54, 1.807) is 0 Å². The van der Waals surface area contributed by atoms with Gasteiger partial charge in [-0.1, -0.05) is 25.7 Å². The molecule has 3 nitrogen and oxygen atoms in total. The molecule has 0 aromatic rings. The van der Waals surface area contributed by atoms with Crippen LogP contribution < -0.4 is 10.6 Å². The molecule has 1 unspecified atom stereocenters. The zero-order valence-electron chi connectivity index (χ0n) is 10.3. The Bertz CT molecular complexity index is 194. The lowest BCUT2D eigenvalue weighted by molar-refractivity contribution is 0.0220. The Hall–Kier alpha value is -0.120. The molecule has 1 aliphatic heterocycles. The number of hydrogen-bond donors (Lipinski definition) is 3. The average Bonchev–Trinajstić information content (AvgIpc) is 2.54. The molecule has 1 saturated heterocycles. The van der Waals surface area contributed by atoms with Crippen LogP contribution >= 0.6 is 0 Å². The maximum Gasteiger partial charge on any atom is 0.0771 e. The molecule has 1 heterocycles. The van der Waals surface area contributed by atoms with Crippen LogP contribution in [0.15, 0.2) is 0 Å². The zero-order valence-corrected chi connectivity index (χ0v) is 10.3. The summed E-state index contributed by atoms with van der Waals surface area (Å²) in [5.74, 6) is 0. The standard InChI is InChI=1S/C13H26N2O/c16-13(7-3-1-2-4-8-13)11-15-12-6-5-9-14-10-12/h12,14-16H,1-11H2. The molecule has 0 aromatic heterocycles. The van der Waals surface area contributed by atoms with Crippen LogP contribution in [-0.4, -0.2) is 36.4 Å². The van der Waals surface area contributed by atoms with Crippen molar-refractivity contribution in [2.45, 2.75) is 63.0 Å². The zero-order chi connectivity index (χ0) is 11.3. The summed E-state index contributed by atoms with van der Waals surface area (Å²) in [5, 5.41) is 17.4. The van der Waals surface area contributed by atoms with E-state index in [1.165, 1.54) is 38.5 Å². The van der Waals surface area contributed by atoms with Gasteiger partial charge in [0.05, 0.1) is 5.60 Å². The lowest BCUT2D eigenvalue weighted by Crippen LogP contribution is -2.49. The second-order valence-electron chi connectivity index (χ2n) is 5.56. The van der Waals surface area contributed by atoms with E-state index in [4.69, 9.17) is 0 Å². The summed E-state index contributed by atoms with van der Waals surface area (Å²) < 4.78 is 0. The number of aliphatic hydroxyl groups is 1. The Morgan fingerprint density at radius 3 is 2.50 bits per heavy atom. The maximum atomic E-state index is 10.5. The Kier molecular flexibility index (Phi) is 4.62. The van der Waals surface area contributed by atoms with Crippen molar-refractivity contribution < 1.29 is 5.11 Å². The summed E-state index contributed by atoms with van der Waals surface area (Å²) >= 11 is 0. The molecule has 1 saturated carbocycles. The molecule has 16 heavy (non-hydrogen) atoms. The van der Waals surface area contributed by atoms with E-state index >= 15 is 0 Å². The van der Waals surface area contributed by atoms with Gasteiger partial charge < -0.3 is 15.7 Å². The van der Waals surface area contributed by atoms with Gasteiger partial charge in [-0.3, -0.25) is 0 Å². The van der Waals surface area contributed by atoms with E-state index in [0.717, 1.165) is 32.5 Å². The minimum Gasteiger partial charge on any atom is -0.389 e. The van der Waals surface area contributed by atoms with E-state index in [0.29, 0.717) is 6.04 Å². The highest BCUT2D eigenvalue weighted by molar-refractivity contribution is 4.86. The van der Waals surface area contributed by atoms with Gasteiger partial charge in [0.15, 0.2) is 0 Å². The molecular weight excluding hydrogens is 200 g/mol. The monoisotopic (exact) mass is 226 g/mol. The summed E-state index contributed by atoms with van der Waals surface area (Å²) in [6.07, 6.45) is 9.47. The van der Waals surface area contributed by atoms with Crippen molar-refractivity contribution >= 4 is 0 Å². The molecule has 0 radical (unpaired) electrons. The molecule has 2 fully saturated rings. The summed E-state index contributed by atoms with van der Waals surface area (Å²) in [7, 11) is 0. The molecule has 3 N–H and O–H groups in total. The maximum absolute atomic E-state index is 10.5. The van der Waals surface area contributed by atoms with Crippen LogP contribution in [0.2, 0.25) is 0 Å². The fourth-order valence-electron chi connectivity index (χ4n) is 2.92. The average molecular weight is 226 g/mol. The molecule has 2 aliphatic rings. The predicted octanol–water partition coefficient (Wildman–Crippen LogP) is 1.41. The molecule has 0 bridgehead atoms. The molecule has 2 rings (SSSR count). The van der Waals surface area contributed by atoms with Crippen LogP contribution in [0.1, 0.15) is 51.4 Å². The van der Waals surface area contributed by atoms with Gasteiger partial charge in [-0.25, -0.2) is 0 Å². The first kappa shape index (κ1) is 12.3. The third-order valence-electron chi connectivity index (χ3n) is 4.05. The topological polar surface area (TPSA) is 44.3 Å². The van der Waals surface area contributed by atoms with Crippen molar-refractivity contribution in [3.63, 3.8) is 0 Å². The van der Waals surface area contributed by atoms with Crippen molar-refractivity contribution in [1.29, 1.82) is 0 Å². The van der Waals surface area contributed by atoms with E-state index in [9.17, 15) is 5.11 Å². The fraction of sp³-hybridized carbons (Fsp3) is 1.00. The first-order chi connectivity index (χ1) is 7.79. The van der Waals surface area contributed by atoms with Gasteiger partial charge in [0.2, 0.25) is 0 Å². The lowest BCUT2D eigenvalue weighted by atomic mass is 9.94. The second-order valence-corrected chi connectivity index (χ2v) is 5.56. The molecule has 3 heteroatoms. The van der Waals surface area contributed by atoms with Gasteiger partial charge >= 0.3 is 0 Å². The highest BCUT2D eigenvalue weighted by Gasteiger charge is 2.28. The predicted molar refractivity (Wildman–Crippen MR) is 66.5 cm³/mol. The molecule has 0 amide bonds. The number of nitrogens with one attached hydrogen (secondary N) is 2. The first-order valence-corrected chi connectivity index (χ1v) is 6.95. The quantitative estimate of drug-likeness (QED) is 0.638. The van der Waals surface area contributed by atoms with Crippen LogP contribution in [0.25, 0.3) is 0 Å². The smallest absolute Gasteiger partial charge is 0.0771 e. The van der Waals surface area contributed by atoms with E-state index in [1.807, 2.05) is 0 Å². The summed E-state index contributed by atoms with van der Waals surface area (Å²) in [6.45, 7) is 3.01. The van der Waals surface area contributed by atoms with Gasteiger partial charge in [0.1, 0.15) is 0 Å². The Balaban J connectivity index is 1.73. The SMILES string of the molecule is OC1(CNC2CCCNC2)CCCCCC1. The van der Waals surface area contributed by atoms with Gasteiger partial charge in [-0.2, -0.15) is 0 Å². The second kappa shape index (κ2) is 5.99. The van der Waals surface area contributed by atoms with Gasteiger partial charge in [-0.05, 0) is 32.2 Å². The van der Waals surface area contributed by atoms with E-state index < -0.39 is 5.60 Å². The number of hydrogen-bond acceptors (Lipinski definition) is 3. The Morgan fingerprint density at radius 1 is 1.12 bits per heavy atom. The van der Waals surface area contributed by atoms with E-state index in [-0.39, 0.29) is 0 Å². The van der Waals surface area contributed by atoms with Crippen LogP contribution in [-0.2, 0) is 0 Å². The minimum absolute atomic E-state index is 0.423. The summed E-state index contributed by atoms with van der Waals surface area (Å²) in [5.41, 5.74) is -0.423. The van der Waals surface area contributed by atoms with Crippen molar-refractivity contribution in [3.8, 4) is 0 Å². The third kappa shape index (κ3) is 3.72. The van der Waals surface area contributed by atoms with Crippen LogP contribution in [0, 0.1) is 0 Å². The van der Waals surface area contributed by atoms with Gasteiger partial charge in [0, 0.05) is 19.1 Å².